The average molecular weight is 480 g/mol. The van der Waals surface area contributed by atoms with Crippen molar-refractivity contribution in [2.45, 2.75) is 24.3 Å². The molecule has 2 heterocycles. The lowest BCUT2D eigenvalue weighted by Gasteiger charge is -2.31. The summed E-state index contributed by atoms with van der Waals surface area (Å²) in [4.78, 5) is 24.8. The van der Waals surface area contributed by atoms with E-state index in [2.05, 4.69) is 10.6 Å². The number of ether oxygens (including phenoxy) is 2. The molecular weight excluding hydrogens is 458 g/mol. The summed E-state index contributed by atoms with van der Waals surface area (Å²) in [6.07, 6.45) is 0. The molecule has 1 fully saturated rings. The van der Waals surface area contributed by atoms with E-state index in [-0.39, 0.29) is 40.2 Å². The zero-order valence-corrected chi connectivity index (χ0v) is 19.0. The molecule has 9 nitrogen and oxygen atoms in total. The summed E-state index contributed by atoms with van der Waals surface area (Å²) in [6.45, 7) is 4.37. The largest absolute Gasteiger partial charge is 0.476 e. The molecule has 2 aromatic rings. The summed E-state index contributed by atoms with van der Waals surface area (Å²) in [7, 11) is -3.84. The maximum absolute atomic E-state index is 13.0. The Hall–Kier alpha value is -2.66. The van der Waals surface area contributed by atoms with Gasteiger partial charge in [0, 0.05) is 24.3 Å². The van der Waals surface area contributed by atoms with Crippen molar-refractivity contribution in [2.75, 3.05) is 36.9 Å². The van der Waals surface area contributed by atoms with Crippen LogP contribution in [0.5, 0.6) is 5.75 Å². The molecule has 4 rings (SSSR count). The van der Waals surface area contributed by atoms with Gasteiger partial charge in [-0.05, 0) is 50.2 Å². The molecule has 0 spiro atoms. The van der Waals surface area contributed by atoms with Crippen LogP contribution >= 0.6 is 11.6 Å². The summed E-state index contributed by atoms with van der Waals surface area (Å²) in [6, 6.07) is 8.93. The highest BCUT2D eigenvalue weighted by atomic mass is 35.5. The van der Waals surface area contributed by atoms with E-state index in [0.717, 1.165) is 0 Å². The lowest BCUT2D eigenvalue weighted by atomic mass is 10.0. The van der Waals surface area contributed by atoms with Crippen molar-refractivity contribution in [3.05, 3.63) is 47.0 Å². The molecule has 0 radical (unpaired) electrons. The fraction of sp³-hybridized carbons (Fsp3) is 0.333. The molecule has 0 unspecified atom stereocenters. The number of anilines is 2. The number of carbonyl (C=O) groups is 2. The SMILES string of the molecule is CC1(C)Oc2ccc(C(=O)Nc3ccc(Cl)c(S(=O)(=O)N4CCOCC4)c3)cc2NC1=O. The van der Waals surface area contributed by atoms with Gasteiger partial charge in [0.05, 0.1) is 23.9 Å². The van der Waals surface area contributed by atoms with Crippen molar-refractivity contribution in [3.8, 4) is 5.75 Å². The summed E-state index contributed by atoms with van der Waals surface area (Å²) >= 11 is 6.17. The number of halogens is 1. The van der Waals surface area contributed by atoms with Crippen LogP contribution in [0.15, 0.2) is 41.3 Å². The highest BCUT2D eigenvalue weighted by Crippen LogP contribution is 2.34. The Morgan fingerprint density at radius 1 is 1.16 bits per heavy atom. The van der Waals surface area contributed by atoms with Crippen LogP contribution in [0.2, 0.25) is 5.02 Å². The molecule has 170 valence electrons. The molecule has 0 aliphatic carbocycles. The van der Waals surface area contributed by atoms with Crippen LogP contribution in [-0.2, 0) is 19.6 Å². The van der Waals surface area contributed by atoms with Crippen molar-refractivity contribution >= 4 is 44.8 Å². The van der Waals surface area contributed by atoms with Gasteiger partial charge in [-0.3, -0.25) is 9.59 Å². The van der Waals surface area contributed by atoms with Crippen molar-refractivity contribution in [1.82, 2.24) is 4.31 Å². The number of fused-ring (bicyclic) bond motifs is 1. The molecule has 32 heavy (non-hydrogen) atoms. The molecule has 2 aliphatic heterocycles. The Balaban J connectivity index is 1.56. The number of carbonyl (C=O) groups excluding carboxylic acids is 2. The number of nitrogens with one attached hydrogen (secondary N) is 2. The zero-order valence-electron chi connectivity index (χ0n) is 17.5. The summed E-state index contributed by atoms with van der Waals surface area (Å²) in [5, 5.41) is 5.46. The fourth-order valence-electron chi connectivity index (χ4n) is 3.36. The Labute approximate surface area is 190 Å². The average Bonchev–Trinajstić information content (AvgIpc) is 2.76. The second-order valence-corrected chi connectivity index (χ2v) is 10.2. The summed E-state index contributed by atoms with van der Waals surface area (Å²) in [5.74, 6) is -0.348. The number of morpholine rings is 1. The van der Waals surface area contributed by atoms with Gasteiger partial charge in [0.25, 0.3) is 11.8 Å². The van der Waals surface area contributed by atoms with E-state index >= 15 is 0 Å². The van der Waals surface area contributed by atoms with Crippen LogP contribution in [0.25, 0.3) is 0 Å². The van der Waals surface area contributed by atoms with Crippen molar-refractivity contribution in [1.29, 1.82) is 0 Å². The van der Waals surface area contributed by atoms with Gasteiger partial charge in [-0.25, -0.2) is 8.42 Å². The molecular formula is C21H22ClN3O6S. The number of sulfonamides is 1. The van der Waals surface area contributed by atoms with E-state index in [1.54, 1.807) is 26.0 Å². The first-order valence-corrected chi connectivity index (χ1v) is 11.7. The van der Waals surface area contributed by atoms with Crippen LogP contribution < -0.4 is 15.4 Å². The number of hydrogen-bond acceptors (Lipinski definition) is 6. The standard InChI is InChI=1S/C21H22ClN3O6S/c1-21(2)20(27)24-16-11-13(3-6-17(16)31-21)19(26)23-14-4-5-15(22)18(12-14)32(28,29)25-7-9-30-10-8-25/h3-6,11-12H,7-10H2,1-2H3,(H,23,26)(H,24,27). The van der Waals surface area contributed by atoms with E-state index < -0.39 is 21.5 Å². The van der Waals surface area contributed by atoms with Crippen molar-refractivity contribution in [3.63, 3.8) is 0 Å². The van der Waals surface area contributed by atoms with Crippen LogP contribution in [0.3, 0.4) is 0 Å². The van der Waals surface area contributed by atoms with Crippen LogP contribution in [0.4, 0.5) is 11.4 Å². The first kappa shape index (κ1) is 22.5. The normalized spacial score (nSPS) is 18.3. The maximum atomic E-state index is 13.0. The molecule has 2 aromatic carbocycles. The molecule has 2 amide bonds. The molecule has 0 bridgehead atoms. The molecule has 11 heteroatoms. The second-order valence-electron chi connectivity index (χ2n) is 7.89. The Morgan fingerprint density at radius 2 is 1.88 bits per heavy atom. The third-order valence-corrected chi connectivity index (χ3v) is 7.56. The van der Waals surface area contributed by atoms with Gasteiger partial charge >= 0.3 is 0 Å². The van der Waals surface area contributed by atoms with E-state index in [1.807, 2.05) is 0 Å². The lowest BCUT2D eigenvalue weighted by molar-refractivity contribution is -0.129. The van der Waals surface area contributed by atoms with E-state index in [4.69, 9.17) is 21.1 Å². The first-order valence-electron chi connectivity index (χ1n) is 9.91. The highest BCUT2D eigenvalue weighted by molar-refractivity contribution is 7.89. The predicted molar refractivity (Wildman–Crippen MR) is 119 cm³/mol. The minimum atomic E-state index is -3.84. The molecule has 1 saturated heterocycles. The first-order chi connectivity index (χ1) is 15.1. The maximum Gasteiger partial charge on any atom is 0.268 e. The minimum absolute atomic E-state index is 0.0609. The van der Waals surface area contributed by atoms with Crippen molar-refractivity contribution < 1.29 is 27.5 Å². The van der Waals surface area contributed by atoms with Crippen LogP contribution in [0.1, 0.15) is 24.2 Å². The highest BCUT2D eigenvalue weighted by Gasteiger charge is 2.35. The number of benzene rings is 2. The van der Waals surface area contributed by atoms with Crippen LogP contribution in [-0.4, -0.2) is 56.4 Å². The van der Waals surface area contributed by atoms with Gasteiger partial charge in [0.15, 0.2) is 5.60 Å². The monoisotopic (exact) mass is 479 g/mol. The zero-order chi connectivity index (χ0) is 23.1. The Kier molecular flexibility index (Phi) is 5.89. The van der Waals surface area contributed by atoms with Gasteiger partial charge < -0.3 is 20.1 Å². The van der Waals surface area contributed by atoms with Gasteiger partial charge in [-0.2, -0.15) is 4.31 Å². The Bertz CT molecular complexity index is 1190. The third kappa shape index (κ3) is 4.31. The minimum Gasteiger partial charge on any atom is -0.476 e. The number of amides is 2. The predicted octanol–water partition coefficient (Wildman–Crippen LogP) is 2.72. The fourth-order valence-corrected chi connectivity index (χ4v) is 5.27. The summed E-state index contributed by atoms with van der Waals surface area (Å²) in [5.41, 5.74) is -0.0958. The number of rotatable bonds is 4. The quantitative estimate of drug-likeness (QED) is 0.697. The molecule has 0 saturated carbocycles. The van der Waals surface area contributed by atoms with E-state index in [0.29, 0.717) is 24.7 Å². The summed E-state index contributed by atoms with van der Waals surface area (Å²) < 4.78 is 38.1. The van der Waals surface area contributed by atoms with Gasteiger partial charge in [-0.1, -0.05) is 11.6 Å². The lowest BCUT2D eigenvalue weighted by Crippen LogP contribution is -2.45. The number of nitrogens with zero attached hydrogens (tertiary/aromatic N) is 1. The van der Waals surface area contributed by atoms with Gasteiger partial charge in [0.2, 0.25) is 10.0 Å². The van der Waals surface area contributed by atoms with Crippen molar-refractivity contribution in [2.24, 2.45) is 0 Å². The van der Waals surface area contributed by atoms with Gasteiger partial charge in [-0.15, -0.1) is 0 Å². The topological polar surface area (TPSA) is 114 Å². The van der Waals surface area contributed by atoms with Crippen LogP contribution in [0, 0.1) is 0 Å². The second kappa shape index (κ2) is 8.36. The molecule has 0 atom stereocenters. The smallest absolute Gasteiger partial charge is 0.268 e. The Morgan fingerprint density at radius 3 is 2.59 bits per heavy atom. The van der Waals surface area contributed by atoms with Gasteiger partial charge in [0.1, 0.15) is 10.6 Å². The third-order valence-electron chi connectivity index (χ3n) is 5.18. The molecule has 0 aromatic heterocycles. The molecule has 2 N–H and O–H groups in total. The number of hydrogen-bond donors (Lipinski definition) is 2. The molecule has 2 aliphatic rings. The van der Waals surface area contributed by atoms with E-state index in [9.17, 15) is 18.0 Å². The van der Waals surface area contributed by atoms with E-state index in [1.165, 1.54) is 28.6 Å².